The van der Waals surface area contributed by atoms with Crippen molar-refractivity contribution in [1.82, 2.24) is 5.32 Å². The van der Waals surface area contributed by atoms with Gasteiger partial charge < -0.3 is 5.32 Å². The predicted molar refractivity (Wildman–Crippen MR) is 64.8 cm³/mol. The molecule has 0 aliphatic rings. The van der Waals surface area contributed by atoms with Crippen LogP contribution in [0.4, 0.5) is 5.69 Å². The molecule has 1 aromatic carbocycles. The van der Waals surface area contributed by atoms with Gasteiger partial charge in [-0.25, -0.2) is 0 Å². The van der Waals surface area contributed by atoms with Gasteiger partial charge in [0.25, 0.3) is 5.69 Å². The minimum Gasteiger partial charge on any atom is -0.353 e. The Kier molecular flexibility index (Phi) is 4.20. The number of rotatable bonds is 4. The molecular formula is C12H16N2O3. The Morgan fingerprint density at radius 3 is 2.18 bits per heavy atom. The van der Waals surface area contributed by atoms with Gasteiger partial charge in [0.1, 0.15) is 0 Å². The van der Waals surface area contributed by atoms with Crippen LogP contribution in [0.5, 0.6) is 0 Å². The van der Waals surface area contributed by atoms with E-state index < -0.39 is 4.92 Å². The van der Waals surface area contributed by atoms with Gasteiger partial charge in [0, 0.05) is 18.2 Å². The standard InChI is InChI=1S/C12H16N2O3/c1-8(2)13-12(15)9(3)10-4-6-11(7-5-10)14(16)17/h4-9H,1-3H3,(H,13,15)/t9-/m1/s1. The fraction of sp³-hybridized carbons (Fsp3) is 0.417. The van der Waals surface area contributed by atoms with Crippen LogP contribution >= 0.6 is 0 Å². The van der Waals surface area contributed by atoms with Crippen LogP contribution in [0.15, 0.2) is 24.3 Å². The van der Waals surface area contributed by atoms with Crippen LogP contribution in [0.1, 0.15) is 32.3 Å². The van der Waals surface area contributed by atoms with Crippen LogP contribution in [0.3, 0.4) is 0 Å². The summed E-state index contributed by atoms with van der Waals surface area (Å²) in [5.74, 6) is -0.382. The number of nitro groups is 1. The van der Waals surface area contributed by atoms with Gasteiger partial charge in [-0.05, 0) is 26.3 Å². The normalized spacial score (nSPS) is 12.2. The third-order valence-electron chi connectivity index (χ3n) is 2.43. The number of benzene rings is 1. The van der Waals surface area contributed by atoms with Gasteiger partial charge in [-0.2, -0.15) is 0 Å². The number of carbonyl (C=O) groups is 1. The molecule has 1 N–H and O–H groups in total. The van der Waals surface area contributed by atoms with Crippen molar-refractivity contribution < 1.29 is 9.72 Å². The summed E-state index contributed by atoms with van der Waals surface area (Å²) >= 11 is 0. The van der Waals surface area contributed by atoms with Crippen molar-refractivity contribution in [1.29, 1.82) is 0 Å². The smallest absolute Gasteiger partial charge is 0.269 e. The van der Waals surface area contributed by atoms with Crippen LogP contribution in [0, 0.1) is 10.1 Å². The quantitative estimate of drug-likeness (QED) is 0.643. The molecule has 0 fully saturated rings. The zero-order valence-electron chi connectivity index (χ0n) is 10.1. The third kappa shape index (κ3) is 3.55. The Labute approximate surface area is 100.0 Å². The monoisotopic (exact) mass is 236 g/mol. The number of nitro benzene ring substituents is 1. The summed E-state index contributed by atoms with van der Waals surface area (Å²) in [5.41, 5.74) is 0.805. The number of non-ortho nitro benzene ring substituents is 1. The van der Waals surface area contributed by atoms with Gasteiger partial charge in [-0.1, -0.05) is 12.1 Å². The number of carbonyl (C=O) groups excluding carboxylic acids is 1. The molecule has 0 saturated heterocycles. The number of nitrogens with one attached hydrogen (secondary N) is 1. The van der Waals surface area contributed by atoms with Gasteiger partial charge >= 0.3 is 0 Å². The zero-order valence-corrected chi connectivity index (χ0v) is 10.1. The number of amides is 1. The molecule has 1 aromatic rings. The van der Waals surface area contributed by atoms with Gasteiger partial charge in [-0.15, -0.1) is 0 Å². The van der Waals surface area contributed by atoms with E-state index in [9.17, 15) is 14.9 Å². The van der Waals surface area contributed by atoms with E-state index in [2.05, 4.69) is 5.32 Å². The molecule has 0 unspecified atom stereocenters. The van der Waals surface area contributed by atoms with Crippen molar-refractivity contribution in [3.05, 3.63) is 39.9 Å². The van der Waals surface area contributed by atoms with Gasteiger partial charge in [-0.3, -0.25) is 14.9 Å². The fourth-order valence-electron chi connectivity index (χ4n) is 1.45. The SMILES string of the molecule is CC(C)NC(=O)[C@H](C)c1ccc([N+](=O)[O-])cc1. The van der Waals surface area contributed by atoms with Crippen molar-refractivity contribution in [2.45, 2.75) is 32.7 Å². The number of hydrogen-bond acceptors (Lipinski definition) is 3. The first kappa shape index (κ1) is 13.2. The zero-order chi connectivity index (χ0) is 13.0. The maximum Gasteiger partial charge on any atom is 0.269 e. The molecule has 0 aliphatic heterocycles. The summed E-state index contributed by atoms with van der Waals surface area (Å²) in [5, 5.41) is 13.3. The molecule has 0 saturated carbocycles. The first-order valence-electron chi connectivity index (χ1n) is 5.46. The maximum atomic E-state index is 11.7. The molecule has 0 aliphatic carbocycles. The molecule has 0 bridgehead atoms. The second-order valence-corrected chi connectivity index (χ2v) is 4.23. The third-order valence-corrected chi connectivity index (χ3v) is 2.43. The van der Waals surface area contributed by atoms with Crippen molar-refractivity contribution in [3.63, 3.8) is 0 Å². The van der Waals surface area contributed by atoms with E-state index in [1.54, 1.807) is 19.1 Å². The Hall–Kier alpha value is -1.91. The first-order valence-corrected chi connectivity index (χ1v) is 5.46. The minimum atomic E-state index is -0.456. The second-order valence-electron chi connectivity index (χ2n) is 4.23. The van der Waals surface area contributed by atoms with E-state index in [1.807, 2.05) is 13.8 Å². The average Bonchev–Trinajstić information content (AvgIpc) is 2.27. The highest BCUT2D eigenvalue weighted by Crippen LogP contribution is 2.19. The minimum absolute atomic E-state index is 0.0326. The molecule has 0 aromatic heterocycles. The molecule has 1 atom stereocenters. The van der Waals surface area contributed by atoms with E-state index in [0.717, 1.165) is 5.56 Å². The van der Waals surface area contributed by atoms with Crippen molar-refractivity contribution in [3.8, 4) is 0 Å². The fourth-order valence-corrected chi connectivity index (χ4v) is 1.45. The molecule has 0 radical (unpaired) electrons. The average molecular weight is 236 g/mol. The molecule has 17 heavy (non-hydrogen) atoms. The molecule has 0 spiro atoms. The molecule has 5 heteroatoms. The highest BCUT2D eigenvalue weighted by Gasteiger charge is 2.16. The Balaban J connectivity index is 2.79. The molecule has 1 rings (SSSR count). The van der Waals surface area contributed by atoms with Crippen molar-refractivity contribution >= 4 is 11.6 Å². The lowest BCUT2D eigenvalue weighted by Crippen LogP contribution is -2.33. The Morgan fingerprint density at radius 2 is 1.76 bits per heavy atom. The van der Waals surface area contributed by atoms with Gasteiger partial charge in [0.05, 0.1) is 10.8 Å². The second kappa shape index (κ2) is 5.43. The summed E-state index contributed by atoms with van der Waals surface area (Å²) in [6.45, 7) is 5.56. The molecule has 1 amide bonds. The molecular weight excluding hydrogens is 220 g/mol. The van der Waals surface area contributed by atoms with Crippen LogP contribution < -0.4 is 5.32 Å². The van der Waals surface area contributed by atoms with Crippen molar-refractivity contribution in [2.24, 2.45) is 0 Å². The van der Waals surface area contributed by atoms with E-state index in [4.69, 9.17) is 0 Å². The largest absolute Gasteiger partial charge is 0.353 e. The lowest BCUT2D eigenvalue weighted by molar-refractivity contribution is -0.384. The maximum absolute atomic E-state index is 11.7. The lowest BCUT2D eigenvalue weighted by Gasteiger charge is -2.14. The first-order chi connectivity index (χ1) is 7.91. The highest BCUT2D eigenvalue weighted by atomic mass is 16.6. The predicted octanol–water partition coefficient (Wildman–Crippen LogP) is 2.22. The van der Waals surface area contributed by atoms with Crippen LogP contribution in [-0.2, 0) is 4.79 Å². The summed E-state index contributed by atoms with van der Waals surface area (Å²) in [7, 11) is 0. The van der Waals surface area contributed by atoms with Crippen LogP contribution in [0.2, 0.25) is 0 Å². The van der Waals surface area contributed by atoms with E-state index >= 15 is 0 Å². The Morgan fingerprint density at radius 1 is 1.24 bits per heavy atom. The Bertz CT molecular complexity index is 412. The van der Waals surface area contributed by atoms with Gasteiger partial charge in [0.15, 0.2) is 0 Å². The van der Waals surface area contributed by atoms with E-state index in [-0.39, 0.29) is 23.6 Å². The van der Waals surface area contributed by atoms with Crippen LogP contribution in [0.25, 0.3) is 0 Å². The molecule has 92 valence electrons. The lowest BCUT2D eigenvalue weighted by atomic mass is 10.00. The summed E-state index contributed by atoms with van der Waals surface area (Å²) in [6.07, 6.45) is 0. The summed E-state index contributed by atoms with van der Waals surface area (Å²) < 4.78 is 0. The molecule has 5 nitrogen and oxygen atoms in total. The highest BCUT2D eigenvalue weighted by molar-refractivity contribution is 5.83. The molecule has 0 heterocycles. The summed E-state index contributed by atoms with van der Waals surface area (Å²) in [4.78, 5) is 21.8. The topological polar surface area (TPSA) is 72.2 Å². The summed E-state index contributed by atoms with van der Waals surface area (Å²) in [6, 6.07) is 6.14. The van der Waals surface area contributed by atoms with E-state index in [0.29, 0.717) is 0 Å². The van der Waals surface area contributed by atoms with Gasteiger partial charge in [0.2, 0.25) is 5.91 Å². The number of hydrogen-bond donors (Lipinski definition) is 1. The van der Waals surface area contributed by atoms with Crippen LogP contribution in [-0.4, -0.2) is 16.9 Å². The van der Waals surface area contributed by atoms with Crippen molar-refractivity contribution in [2.75, 3.05) is 0 Å². The van der Waals surface area contributed by atoms with E-state index in [1.165, 1.54) is 12.1 Å². The number of nitrogens with zero attached hydrogens (tertiary/aromatic N) is 1.